The van der Waals surface area contributed by atoms with Gasteiger partial charge >= 0.3 is 0 Å². The van der Waals surface area contributed by atoms with Crippen molar-refractivity contribution in [1.29, 1.82) is 0 Å². The highest BCUT2D eigenvalue weighted by Crippen LogP contribution is 2.34. The van der Waals surface area contributed by atoms with Crippen molar-refractivity contribution >= 4 is 51.0 Å². The smallest absolute Gasteiger partial charge is 0.237 e. The average Bonchev–Trinajstić information content (AvgIpc) is 3.01. The van der Waals surface area contributed by atoms with Gasteiger partial charge < -0.3 is 0 Å². The number of hydrogen-bond donors (Lipinski definition) is 1. The van der Waals surface area contributed by atoms with Gasteiger partial charge in [-0.2, -0.15) is 0 Å². The zero-order valence-electron chi connectivity index (χ0n) is 15.0. The first kappa shape index (κ1) is 18.1. The zero-order chi connectivity index (χ0) is 19.0. The molecule has 0 fully saturated rings. The minimum atomic E-state index is -0.194. The van der Waals surface area contributed by atoms with Crippen LogP contribution in [0.15, 0.2) is 34.8 Å². The Labute approximate surface area is 164 Å². The number of fused-ring (bicyclic) bond motifs is 2. The maximum Gasteiger partial charge on any atom is 0.237 e. The number of anilines is 1. The summed E-state index contributed by atoms with van der Waals surface area (Å²) in [6, 6.07) is 7.89. The number of aromatic nitrogens is 3. The molecule has 3 aromatic rings. The number of para-hydroxylation sites is 1. The standard InChI is InChI=1S/C19H18N4O2S2/c1-19(2)7-13-11(14(24)8-19)9-20-17(21-13)23-16(25)10-26-18-22-12-5-3-4-6-15(12)27-18/h3-6,9H,7-8,10H2,1-2H3,(H,20,21,23,25). The van der Waals surface area contributed by atoms with Crippen LogP contribution in [0.4, 0.5) is 5.95 Å². The molecule has 0 unspecified atom stereocenters. The number of thiazole rings is 1. The van der Waals surface area contributed by atoms with Gasteiger partial charge in [0.25, 0.3) is 0 Å². The van der Waals surface area contributed by atoms with Crippen molar-refractivity contribution in [2.75, 3.05) is 11.1 Å². The Morgan fingerprint density at radius 3 is 2.89 bits per heavy atom. The van der Waals surface area contributed by atoms with Gasteiger partial charge in [0, 0.05) is 12.6 Å². The van der Waals surface area contributed by atoms with Gasteiger partial charge in [-0.25, -0.2) is 15.0 Å². The number of benzene rings is 1. The van der Waals surface area contributed by atoms with Gasteiger partial charge in [-0.3, -0.25) is 14.9 Å². The van der Waals surface area contributed by atoms with Gasteiger partial charge in [0.1, 0.15) is 0 Å². The van der Waals surface area contributed by atoms with Gasteiger partial charge in [0.15, 0.2) is 10.1 Å². The van der Waals surface area contributed by atoms with E-state index in [4.69, 9.17) is 0 Å². The van der Waals surface area contributed by atoms with E-state index in [1.807, 2.05) is 38.1 Å². The summed E-state index contributed by atoms with van der Waals surface area (Å²) < 4.78 is 1.95. The monoisotopic (exact) mass is 398 g/mol. The molecule has 1 N–H and O–H groups in total. The van der Waals surface area contributed by atoms with E-state index in [2.05, 4.69) is 20.3 Å². The first-order chi connectivity index (χ1) is 12.9. The summed E-state index contributed by atoms with van der Waals surface area (Å²) in [4.78, 5) is 37.5. The number of rotatable bonds is 4. The Morgan fingerprint density at radius 2 is 2.07 bits per heavy atom. The molecular formula is C19H18N4O2S2. The SMILES string of the molecule is CC1(C)CC(=O)c2cnc(NC(=O)CSc3nc4ccccc4s3)nc2C1. The highest BCUT2D eigenvalue weighted by atomic mass is 32.2. The number of hydrogen-bond acceptors (Lipinski definition) is 7. The second kappa shape index (κ2) is 7.01. The topological polar surface area (TPSA) is 84.8 Å². The number of ketones is 1. The fraction of sp³-hybridized carbons (Fsp3) is 0.316. The quantitative estimate of drug-likeness (QED) is 0.669. The number of carbonyl (C=O) groups is 2. The van der Waals surface area contributed by atoms with E-state index in [0.29, 0.717) is 24.1 Å². The summed E-state index contributed by atoms with van der Waals surface area (Å²) in [7, 11) is 0. The van der Waals surface area contributed by atoms with Crippen LogP contribution >= 0.6 is 23.1 Å². The third-order valence-electron chi connectivity index (χ3n) is 4.31. The van der Waals surface area contributed by atoms with Crippen molar-refractivity contribution < 1.29 is 9.59 Å². The first-order valence-electron chi connectivity index (χ1n) is 8.57. The van der Waals surface area contributed by atoms with E-state index in [9.17, 15) is 9.59 Å². The maximum atomic E-state index is 12.3. The van der Waals surface area contributed by atoms with Crippen LogP contribution in [0.1, 0.15) is 36.3 Å². The summed E-state index contributed by atoms with van der Waals surface area (Å²) in [6.07, 6.45) is 2.71. The Morgan fingerprint density at radius 1 is 1.26 bits per heavy atom. The average molecular weight is 399 g/mol. The molecule has 4 rings (SSSR count). The van der Waals surface area contributed by atoms with Crippen LogP contribution in [0.3, 0.4) is 0 Å². The Bertz CT molecular complexity index is 1010. The Kier molecular flexibility index (Phi) is 4.69. The molecule has 1 aromatic carbocycles. The van der Waals surface area contributed by atoms with Crippen molar-refractivity contribution in [3.63, 3.8) is 0 Å². The van der Waals surface area contributed by atoms with Crippen LogP contribution < -0.4 is 5.32 Å². The molecule has 0 atom stereocenters. The van der Waals surface area contributed by atoms with E-state index in [1.165, 1.54) is 18.0 Å². The molecule has 0 saturated carbocycles. The number of Topliss-reactive ketones (excluding diaryl/α,β-unsaturated/α-hetero) is 1. The van der Waals surface area contributed by atoms with E-state index >= 15 is 0 Å². The zero-order valence-corrected chi connectivity index (χ0v) is 16.6. The number of carbonyl (C=O) groups excluding carboxylic acids is 2. The van der Waals surface area contributed by atoms with Gasteiger partial charge in [0.2, 0.25) is 11.9 Å². The molecule has 0 bridgehead atoms. The predicted molar refractivity (Wildman–Crippen MR) is 107 cm³/mol. The van der Waals surface area contributed by atoms with E-state index < -0.39 is 0 Å². The molecule has 2 heterocycles. The van der Waals surface area contributed by atoms with E-state index in [1.54, 1.807) is 11.3 Å². The van der Waals surface area contributed by atoms with Crippen molar-refractivity contribution in [3.8, 4) is 0 Å². The lowest BCUT2D eigenvalue weighted by Gasteiger charge is -2.29. The van der Waals surface area contributed by atoms with Gasteiger partial charge in [-0.05, 0) is 24.0 Å². The van der Waals surface area contributed by atoms with Gasteiger partial charge in [-0.1, -0.05) is 37.7 Å². The van der Waals surface area contributed by atoms with Crippen LogP contribution in [0, 0.1) is 5.41 Å². The molecule has 1 aliphatic carbocycles. The third-order valence-corrected chi connectivity index (χ3v) is 6.48. The number of nitrogens with zero attached hydrogens (tertiary/aromatic N) is 3. The fourth-order valence-corrected chi connectivity index (χ4v) is 4.96. The molecule has 0 radical (unpaired) electrons. The summed E-state index contributed by atoms with van der Waals surface area (Å²) >= 11 is 2.96. The lowest BCUT2D eigenvalue weighted by molar-refractivity contribution is -0.113. The minimum absolute atomic E-state index is 0.0607. The van der Waals surface area contributed by atoms with Crippen LogP contribution in [-0.4, -0.2) is 32.4 Å². The summed E-state index contributed by atoms with van der Waals surface area (Å²) in [6.45, 7) is 4.09. The van der Waals surface area contributed by atoms with Gasteiger partial charge in [0.05, 0.1) is 27.2 Å². The summed E-state index contributed by atoms with van der Waals surface area (Å²) in [5.41, 5.74) is 2.09. The normalized spacial score (nSPS) is 15.6. The molecule has 8 heteroatoms. The maximum absolute atomic E-state index is 12.3. The van der Waals surface area contributed by atoms with Crippen molar-refractivity contribution in [3.05, 3.63) is 41.7 Å². The van der Waals surface area contributed by atoms with Crippen molar-refractivity contribution in [2.45, 2.75) is 31.0 Å². The van der Waals surface area contributed by atoms with Crippen LogP contribution in [0.2, 0.25) is 0 Å². The molecule has 138 valence electrons. The highest BCUT2D eigenvalue weighted by Gasteiger charge is 2.32. The first-order valence-corrected chi connectivity index (χ1v) is 10.4. The van der Waals surface area contributed by atoms with Crippen LogP contribution in [0.25, 0.3) is 10.2 Å². The molecule has 27 heavy (non-hydrogen) atoms. The molecule has 0 saturated heterocycles. The van der Waals surface area contributed by atoms with Crippen LogP contribution in [0.5, 0.6) is 0 Å². The Hall–Kier alpha value is -2.32. The predicted octanol–water partition coefficient (Wildman–Crippen LogP) is 3.97. The third kappa shape index (κ3) is 4.01. The molecule has 0 spiro atoms. The molecule has 0 aliphatic heterocycles. The minimum Gasteiger partial charge on any atom is -0.294 e. The molecule has 1 aliphatic rings. The fourth-order valence-electron chi connectivity index (χ4n) is 3.09. The van der Waals surface area contributed by atoms with E-state index in [-0.39, 0.29) is 28.8 Å². The summed E-state index contributed by atoms with van der Waals surface area (Å²) in [5.74, 6) is 0.338. The summed E-state index contributed by atoms with van der Waals surface area (Å²) in [5, 5.41) is 2.72. The number of nitrogens with one attached hydrogen (secondary N) is 1. The number of amides is 1. The van der Waals surface area contributed by atoms with Gasteiger partial charge in [-0.15, -0.1) is 11.3 Å². The Balaban J connectivity index is 1.41. The van der Waals surface area contributed by atoms with Crippen molar-refractivity contribution in [2.24, 2.45) is 5.41 Å². The highest BCUT2D eigenvalue weighted by molar-refractivity contribution is 8.01. The van der Waals surface area contributed by atoms with Crippen LogP contribution in [-0.2, 0) is 11.2 Å². The molecule has 1 amide bonds. The van der Waals surface area contributed by atoms with E-state index in [0.717, 1.165) is 14.6 Å². The second-order valence-electron chi connectivity index (χ2n) is 7.28. The molecule has 6 nitrogen and oxygen atoms in total. The number of thioether (sulfide) groups is 1. The second-order valence-corrected chi connectivity index (χ2v) is 9.53. The largest absolute Gasteiger partial charge is 0.294 e. The van der Waals surface area contributed by atoms with Crippen molar-refractivity contribution in [1.82, 2.24) is 15.0 Å². The lowest BCUT2D eigenvalue weighted by atomic mass is 9.76. The molecule has 2 aromatic heterocycles. The molecular weight excluding hydrogens is 380 g/mol. The lowest BCUT2D eigenvalue weighted by Crippen LogP contribution is -2.28.